The monoisotopic (exact) mass is 198 g/mol. The maximum atomic E-state index is 8.33. The van der Waals surface area contributed by atoms with E-state index in [1.807, 2.05) is 0 Å². The predicted octanol–water partition coefficient (Wildman–Crippen LogP) is -2.81. The third-order valence-corrected chi connectivity index (χ3v) is 0. The number of carbonyl (C=O) groups is 1. The molecule has 0 fully saturated rings. The SMILES string of the molecule is O=C([O-])[O-].[O-2].[O-2].[O-2].[Zr+4]. The van der Waals surface area contributed by atoms with Crippen LogP contribution in [0, 0.1) is 0 Å². The number of carboxylic acid groups (broad SMARTS) is 2. The summed E-state index contributed by atoms with van der Waals surface area (Å²) in [5.41, 5.74) is 0. The molecule has 0 saturated carbocycles. The van der Waals surface area contributed by atoms with Gasteiger partial charge in [-0.1, -0.05) is 0 Å². The molecule has 6 nitrogen and oxygen atoms in total. The Balaban J connectivity index is -0.00000000750. The van der Waals surface area contributed by atoms with Crippen LogP contribution in [0.5, 0.6) is 0 Å². The van der Waals surface area contributed by atoms with E-state index in [4.69, 9.17) is 15.0 Å². The quantitative estimate of drug-likeness (QED) is 0.414. The zero-order valence-corrected chi connectivity index (χ0v) is 5.91. The number of hydrogen-bond donors (Lipinski definition) is 0. The molecule has 0 radical (unpaired) electrons. The number of rotatable bonds is 0. The second-order valence-electron chi connectivity index (χ2n) is 0.250. The maximum Gasteiger partial charge on any atom is 4.00 e. The van der Waals surface area contributed by atoms with Crippen molar-refractivity contribution in [3.05, 3.63) is 0 Å². The molecule has 0 saturated heterocycles. The van der Waals surface area contributed by atoms with E-state index in [0.29, 0.717) is 0 Å². The van der Waals surface area contributed by atoms with Gasteiger partial charge in [-0.25, -0.2) is 0 Å². The first-order valence-corrected chi connectivity index (χ1v) is 0.612. The van der Waals surface area contributed by atoms with Crippen molar-refractivity contribution in [2.75, 3.05) is 0 Å². The summed E-state index contributed by atoms with van der Waals surface area (Å²) in [6.45, 7) is 0. The van der Waals surface area contributed by atoms with E-state index >= 15 is 0 Å². The Hall–Kier alpha value is 0.0331. The van der Waals surface area contributed by atoms with Crippen LogP contribution in [-0.2, 0) is 42.6 Å². The second-order valence-corrected chi connectivity index (χ2v) is 0.250. The van der Waals surface area contributed by atoms with Crippen LogP contribution < -0.4 is 10.2 Å². The molecule has 0 bridgehead atoms. The molecule has 0 heterocycles. The third-order valence-electron chi connectivity index (χ3n) is 0. The Morgan fingerprint density at radius 1 is 1.00 bits per heavy atom. The summed E-state index contributed by atoms with van der Waals surface area (Å²) in [5.74, 6) is 0. The van der Waals surface area contributed by atoms with Crippen molar-refractivity contribution in [2.45, 2.75) is 0 Å². The third kappa shape index (κ3) is 139000. The molecule has 0 aliphatic carbocycles. The molecule has 0 aromatic rings. The first-order chi connectivity index (χ1) is 1.73. The van der Waals surface area contributed by atoms with Gasteiger partial charge >= 0.3 is 26.2 Å². The fourth-order valence-corrected chi connectivity index (χ4v) is 0. The molecule has 8 heavy (non-hydrogen) atoms. The van der Waals surface area contributed by atoms with Crippen LogP contribution in [0.3, 0.4) is 0 Å². The molecular formula is CO6Zr-4. The Bertz CT molecular complexity index is 31.5. The van der Waals surface area contributed by atoms with Gasteiger partial charge in [-0.15, -0.1) is 0 Å². The molecule has 7 heteroatoms. The smallest absolute Gasteiger partial charge is 2.00 e. The average molecular weight is 199 g/mol. The molecule has 0 atom stereocenters. The largest absolute Gasteiger partial charge is 4.00 e. The topological polar surface area (TPSA) is 149 Å². The molecule has 0 rings (SSSR count). The Morgan fingerprint density at radius 3 is 1.00 bits per heavy atom. The summed E-state index contributed by atoms with van der Waals surface area (Å²) in [7, 11) is 0. The minimum Gasteiger partial charge on any atom is -2.00 e. The molecule has 0 amide bonds. The van der Waals surface area contributed by atoms with E-state index in [2.05, 4.69) is 0 Å². The second kappa shape index (κ2) is 27.8. The van der Waals surface area contributed by atoms with Gasteiger partial charge in [-0.3, -0.25) is 0 Å². The Kier molecular flexibility index (Phi) is 150. The van der Waals surface area contributed by atoms with E-state index in [0.717, 1.165) is 0 Å². The maximum absolute atomic E-state index is 8.33. The van der Waals surface area contributed by atoms with Gasteiger partial charge in [-0.2, -0.15) is 0 Å². The molecule has 0 spiro atoms. The van der Waals surface area contributed by atoms with Gasteiger partial charge in [0.25, 0.3) is 0 Å². The van der Waals surface area contributed by atoms with Gasteiger partial charge in [0.15, 0.2) is 0 Å². The fraction of sp³-hybridized carbons (Fsp3) is 0. The average Bonchev–Trinajstić information content (AvgIpc) is 0.811. The van der Waals surface area contributed by atoms with Gasteiger partial charge < -0.3 is 31.4 Å². The first kappa shape index (κ1) is 43.2. The summed E-state index contributed by atoms with van der Waals surface area (Å²) in [4.78, 5) is 8.33. The van der Waals surface area contributed by atoms with Crippen molar-refractivity contribution < 1.29 is 57.6 Å². The van der Waals surface area contributed by atoms with Gasteiger partial charge in [0, 0.05) is 0 Å². The van der Waals surface area contributed by atoms with Gasteiger partial charge in [0.05, 0.1) is 0 Å². The first-order valence-electron chi connectivity index (χ1n) is 0.612. The molecule has 0 aromatic heterocycles. The summed E-state index contributed by atoms with van der Waals surface area (Å²) in [5, 5.41) is 16.7. The minimum absolute atomic E-state index is 0. The van der Waals surface area contributed by atoms with Crippen molar-refractivity contribution in [3.8, 4) is 0 Å². The van der Waals surface area contributed by atoms with Crippen molar-refractivity contribution >= 4 is 6.16 Å². The number of carbonyl (C=O) groups excluding carboxylic acids is 1. The summed E-state index contributed by atoms with van der Waals surface area (Å²) in [6, 6.07) is 0. The summed E-state index contributed by atoms with van der Waals surface area (Å²) in [6.07, 6.45) is -2.33. The minimum atomic E-state index is -2.33. The Morgan fingerprint density at radius 2 is 1.00 bits per heavy atom. The van der Waals surface area contributed by atoms with Crippen LogP contribution in [0.15, 0.2) is 0 Å². The summed E-state index contributed by atoms with van der Waals surface area (Å²) < 4.78 is 0. The normalized spacial score (nSPS) is 3.00. The molecular weight excluding hydrogens is 199 g/mol. The van der Waals surface area contributed by atoms with Crippen LogP contribution in [0.25, 0.3) is 0 Å². The van der Waals surface area contributed by atoms with Gasteiger partial charge in [0.2, 0.25) is 0 Å². The Labute approximate surface area is 64.2 Å². The van der Waals surface area contributed by atoms with Gasteiger partial charge in [-0.05, 0) is 6.16 Å². The molecule has 48 valence electrons. The zero-order chi connectivity index (χ0) is 3.58. The molecule has 0 aliphatic heterocycles. The van der Waals surface area contributed by atoms with Crippen LogP contribution >= 0.6 is 0 Å². The number of hydrogen-bond acceptors (Lipinski definition) is 3. The van der Waals surface area contributed by atoms with E-state index in [1.54, 1.807) is 0 Å². The van der Waals surface area contributed by atoms with Crippen molar-refractivity contribution in [3.63, 3.8) is 0 Å². The van der Waals surface area contributed by atoms with E-state index < -0.39 is 6.16 Å². The molecule has 0 aromatic carbocycles. The van der Waals surface area contributed by atoms with Crippen molar-refractivity contribution in [2.24, 2.45) is 0 Å². The van der Waals surface area contributed by atoms with E-state index in [-0.39, 0.29) is 42.6 Å². The van der Waals surface area contributed by atoms with Crippen LogP contribution in [0.4, 0.5) is 4.79 Å². The van der Waals surface area contributed by atoms with Crippen LogP contribution in [0.2, 0.25) is 0 Å². The van der Waals surface area contributed by atoms with E-state index in [9.17, 15) is 0 Å². The summed E-state index contributed by atoms with van der Waals surface area (Å²) >= 11 is 0. The van der Waals surface area contributed by atoms with Gasteiger partial charge in [0.1, 0.15) is 0 Å². The van der Waals surface area contributed by atoms with Crippen molar-refractivity contribution in [1.29, 1.82) is 0 Å². The van der Waals surface area contributed by atoms with Crippen molar-refractivity contribution in [1.82, 2.24) is 0 Å². The molecule has 0 aliphatic rings. The standard InChI is InChI=1S/CH2O3.3O.Zr/c2-1(3)4;;;;/h(H2,2,3,4);;;;/q;3*-2;+4/p-2. The predicted molar refractivity (Wildman–Crippen MR) is 7.46 cm³/mol. The molecule has 0 N–H and O–H groups in total. The van der Waals surface area contributed by atoms with E-state index in [1.165, 1.54) is 0 Å². The molecule has 0 unspecified atom stereocenters. The van der Waals surface area contributed by atoms with Crippen LogP contribution in [0.1, 0.15) is 0 Å². The van der Waals surface area contributed by atoms with Crippen LogP contribution in [-0.4, -0.2) is 6.16 Å². The zero-order valence-electron chi connectivity index (χ0n) is 3.45. The fourth-order valence-electron chi connectivity index (χ4n) is 0.